The van der Waals surface area contributed by atoms with Crippen LogP contribution in [0.15, 0.2) is 30.3 Å². The first kappa shape index (κ1) is 18.1. The smallest absolute Gasteiger partial charge is 0.276 e. The van der Waals surface area contributed by atoms with Gasteiger partial charge in [-0.05, 0) is 43.9 Å². The fourth-order valence-electron chi connectivity index (χ4n) is 3.41. The number of amides is 1. The van der Waals surface area contributed by atoms with Crippen molar-refractivity contribution >= 4 is 21.6 Å². The van der Waals surface area contributed by atoms with Crippen LogP contribution in [-0.2, 0) is 10.0 Å². The second-order valence-corrected chi connectivity index (χ2v) is 9.27. The summed E-state index contributed by atoms with van der Waals surface area (Å²) in [7, 11) is -3.13. The lowest BCUT2D eigenvalue weighted by Crippen LogP contribution is -2.39. The normalized spacial score (nSPS) is 19.1. The molecule has 1 saturated heterocycles. The first-order valence-corrected chi connectivity index (χ1v) is 10.6. The molecule has 2 fully saturated rings. The van der Waals surface area contributed by atoms with Gasteiger partial charge in [-0.25, -0.2) is 17.1 Å². The Labute approximate surface area is 157 Å². The summed E-state index contributed by atoms with van der Waals surface area (Å²) in [6.45, 7) is 0.971. The third-order valence-electron chi connectivity index (χ3n) is 5.15. The summed E-state index contributed by atoms with van der Waals surface area (Å²) in [6, 6.07) is 7.60. The predicted molar refractivity (Wildman–Crippen MR) is 98.4 cm³/mol. The van der Waals surface area contributed by atoms with Gasteiger partial charge in [-0.2, -0.15) is 5.10 Å². The van der Waals surface area contributed by atoms with E-state index >= 15 is 0 Å². The molecule has 1 aliphatic heterocycles. The van der Waals surface area contributed by atoms with Gasteiger partial charge >= 0.3 is 0 Å². The van der Waals surface area contributed by atoms with Crippen molar-refractivity contribution in [3.05, 3.63) is 47.5 Å². The van der Waals surface area contributed by atoms with E-state index in [9.17, 15) is 17.6 Å². The van der Waals surface area contributed by atoms with Gasteiger partial charge in [0, 0.05) is 24.7 Å². The number of aromatic amines is 1. The summed E-state index contributed by atoms with van der Waals surface area (Å²) >= 11 is 0. The van der Waals surface area contributed by atoms with Crippen molar-refractivity contribution < 1.29 is 17.6 Å². The number of piperidine rings is 1. The Balaban J connectivity index is 1.38. The van der Waals surface area contributed by atoms with Gasteiger partial charge in [-0.1, -0.05) is 12.1 Å². The molecule has 2 aliphatic rings. The van der Waals surface area contributed by atoms with Crippen molar-refractivity contribution in [2.24, 2.45) is 0 Å². The van der Waals surface area contributed by atoms with Crippen LogP contribution in [0.1, 0.15) is 47.8 Å². The van der Waals surface area contributed by atoms with Gasteiger partial charge in [0.25, 0.3) is 5.91 Å². The molecule has 2 heterocycles. The Morgan fingerprint density at radius 1 is 1.19 bits per heavy atom. The van der Waals surface area contributed by atoms with Crippen LogP contribution in [-0.4, -0.2) is 47.2 Å². The van der Waals surface area contributed by atoms with E-state index in [0.717, 1.165) is 18.5 Å². The highest BCUT2D eigenvalue weighted by atomic mass is 32.2. The number of anilines is 1. The molecule has 0 radical (unpaired) electrons. The Kier molecular flexibility index (Phi) is 4.73. The van der Waals surface area contributed by atoms with Crippen molar-refractivity contribution in [3.8, 4) is 0 Å². The molecular formula is C18H21FN4O3S. The molecule has 1 aliphatic carbocycles. The van der Waals surface area contributed by atoms with Crippen molar-refractivity contribution in [2.75, 3.05) is 18.4 Å². The van der Waals surface area contributed by atoms with E-state index in [2.05, 4.69) is 15.5 Å². The SMILES string of the molecule is O=C(Nc1ccccc1F)c1cc(C2CCN(S(=O)(=O)C3CC3)CC2)[nH]n1. The number of sulfonamides is 1. The average molecular weight is 392 g/mol. The number of para-hydroxylation sites is 1. The van der Waals surface area contributed by atoms with Crippen LogP contribution in [0.4, 0.5) is 10.1 Å². The fourth-order valence-corrected chi connectivity index (χ4v) is 5.28. The Bertz CT molecular complexity index is 947. The van der Waals surface area contributed by atoms with Gasteiger partial charge in [0.2, 0.25) is 10.0 Å². The third-order valence-corrected chi connectivity index (χ3v) is 7.55. The molecule has 2 aromatic rings. The second kappa shape index (κ2) is 7.05. The molecule has 0 unspecified atom stereocenters. The van der Waals surface area contributed by atoms with Crippen molar-refractivity contribution in [2.45, 2.75) is 36.9 Å². The van der Waals surface area contributed by atoms with Crippen LogP contribution in [0.5, 0.6) is 0 Å². The minimum Gasteiger partial charge on any atom is -0.318 e. The molecular weight excluding hydrogens is 371 g/mol. The lowest BCUT2D eigenvalue weighted by Gasteiger charge is -2.30. The molecule has 0 spiro atoms. The summed E-state index contributed by atoms with van der Waals surface area (Å²) in [5.41, 5.74) is 1.09. The van der Waals surface area contributed by atoms with Crippen LogP contribution in [0.3, 0.4) is 0 Å². The number of halogens is 1. The summed E-state index contributed by atoms with van der Waals surface area (Å²) < 4.78 is 39.9. The van der Waals surface area contributed by atoms with Crippen molar-refractivity contribution in [1.29, 1.82) is 0 Å². The zero-order valence-corrected chi connectivity index (χ0v) is 15.5. The van der Waals surface area contributed by atoms with Crippen LogP contribution in [0.25, 0.3) is 0 Å². The minimum atomic E-state index is -3.13. The number of hydrogen-bond acceptors (Lipinski definition) is 4. The van der Waals surface area contributed by atoms with Crippen LogP contribution in [0, 0.1) is 5.82 Å². The summed E-state index contributed by atoms with van der Waals surface area (Å²) in [5, 5.41) is 9.22. The van der Waals surface area contributed by atoms with Crippen molar-refractivity contribution in [3.63, 3.8) is 0 Å². The fraction of sp³-hybridized carbons (Fsp3) is 0.444. The zero-order valence-electron chi connectivity index (χ0n) is 14.7. The minimum absolute atomic E-state index is 0.102. The Morgan fingerprint density at radius 3 is 2.56 bits per heavy atom. The number of nitrogens with one attached hydrogen (secondary N) is 2. The summed E-state index contributed by atoms with van der Waals surface area (Å²) in [5.74, 6) is -0.875. The van der Waals surface area contributed by atoms with E-state index in [0.29, 0.717) is 25.9 Å². The number of benzene rings is 1. The molecule has 1 aromatic heterocycles. The largest absolute Gasteiger partial charge is 0.318 e. The Hall–Kier alpha value is -2.26. The maximum Gasteiger partial charge on any atom is 0.276 e. The molecule has 0 bridgehead atoms. The predicted octanol–water partition coefficient (Wildman–Crippen LogP) is 2.47. The van der Waals surface area contributed by atoms with E-state index in [1.54, 1.807) is 22.5 Å². The van der Waals surface area contributed by atoms with Gasteiger partial charge in [0.15, 0.2) is 5.69 Å². The highest BCUT2D eigenvalue weighted by Crippen LogP contribution is 2.35. The molecule has 1 saturated carbocycles. The molecule has 144 valence electrons. The number of hydrogen-bond donors (Lipinski definition) is 2. The monoisotopic (exact) mass is 392 g/mol. The zero-order chi connectivity index (χ0) is 19.0. The lowest BCUT2D eigenvalue weighted by atomic mass is 9.94. The van der Waals surface area contributed by atoms with E-state index in [-0.39, 0.29) is 22.5 Å². The van der Waals surface area contributed by atoms with Gasteiger partial charge in [-0.3, -0.25) is 9.89 Å². The number of carbonyl (C=O) groups is 1. The Morgan fingerprint density at radius 2 is 1.89 bits per heavy atom. The van der Waals surface area contributed by atoms with Gasteiger partial charge in [0.05, 0.1) is 10.9 Å². The van der Waals surface area contributed by atoms with Gasteiger partial charge in [-0.15, -0.1) is 0 Å². The summed E-state index contributed by atoms with van der Waals surface area (Å²) in [6.07, 6.45) is 2.90. The molecule has 0 atom stereocenters. The number of rotatable bonds is 5. The summed E-state index contributed by atoms with van der Waals surface area (Å²) in [4.78, 5) is 12.3. The van der Waals surface area contributed by atoms with E-state index < -0.39 is 21.7 Å². The highest BCUT2D eigenvalue weighted by Gasteiger charge is 2.41. The molecule has 1 aromatic carbocycles. The molecule has 1 amide bonds. The maximum atomic E-state index is 13.7. The maximum absolute atomic E-state index is 13.7. The van der Waals surface area contributed by atoms with Crippen LogP contribution >= 0.6 is 0 Å². The molecule has 2 N–H and O–H groups in total. The number of aromatic nitrogens is 2. The lowest BCUT2D eigenvalue weighted by molar-refractivity contribution is 0.102. The van der Waals surface area contributed by atoms with E-state index in [4.69, 9.17) is 0 Å². The molecule has 9 heteroatoms. The first-order chi connectivity index (χ1) is 12.9. The van der Waals surface area contributed by atoms with Gasteiger partial charge < -0.3 is 5.32 Å². The topological polar surface area (TPSA) is 95.2 Å². The van der Waals surface area contributed by atoms with Gasteiger partial charge in [0.1, 0.15) is 5.82 Å². The second-order valence-electron chi connectivity index (χ2n) is 7.06. The molecule has 27 heavy (non-hydrogen) atoms. The number of H-pyrrole nitrogens is 1. The van der Waals surface area contributed by atoms with Crippen molar-refractivity contribution in [1.82, 2.24) is 14.5 Å². The standard InChI is InChI=1S/C18H21FN4O3S/c19-14-3-1-2-4-15(14)20-18(24)17-11-16(21-22-17)12-7-9-23(10-8-12)27(25,26)13-5-6-13/h1-4,11-13H,5-10H2,(H,20,24)(H,21,22). The quantitative estimate of drug-likeness (QED) is 0.817. The van der Waals surface area contributed by atoms with Crippen LogP contribution in [0.2, 0.25) is 0 Å². The van der Waals surface area contributed by atoms with E-state index in [1.807, 2.05) is 0 Å². The molecule has 7 nitrogen and oxygen atoms in total. The highest BCUT2D eigenvalue weighted by molar-refractivity contribution is 7.90. The average Bonchev–Trinajstić information content (AvgIpc) is 3.42. The van der Waals surface area contributed by atoms with E-state index in [1.165, 1.54) is 12.1 Å². The first-order valence-electron chi connectivity index (χ1n) is 9.05. The third kappa shape index (κ3) is 3.74. The number of carbonyl (C=O) groups excluding carboxylic acids is 1. The molecule has 4 rings (SSSR count). The number of nitrogens with zero attached hydrogens (tertiary/aromatic N) is 2. The van der Waals surface area contributed by atoms with Crippen LogP contribution < -0.4 is 5.32 Å².